The number of carbonyl (C=O) groups excluding carboxylic acids is 1. The fourth-order valence-electron chi connectivity index (χ4n) is 1.67. The third kappa shape index (κ3) is 3.87. The monoisotopic (exact) mass is 337 g/mol. The Morgan fingerprint density at radius 3 is 2.55 bits per heavy atom. The van der Waals surface area contributed by atoms with Crippen LogP contribution in [0.4, 0.5) is 0 Å². The number of furan rings is 1. The quantitative estimate of drug-likeness (QED) is 0.838. The van der Waals surface area contributed by atoms with Gasteiger partial charge in [0.1, 0.15) is 18.1 Å². The second-order valence-corrected chi connectivity index (χ2v) is 5.36. The van der Waals surface area contributed by atoms with Gasteiger partial charge in [-0.05, 0) is 43.3 Å². The van der Waals surface area contributed by atoms with E-state index >= 15 is 0 Å². The van der Waals surface area contributed by atoms with Crippen LogP contribution in [0.1, 0.15) is 16.3 Å². The maximum absolute atomic E-state index is 12.0. The van der Waals surface area contributed by atoms with Gasteiger partial charge in [0.2, 0.25) is 0 Å². The van der Waals surface area contributed by atoms with Gasteiger partial charge in [0, 0.05) is 11.5 Å². The van der Waals surface area contributed by atoms with Crippen LogP contribution in [0.15, 0.2) is 45.3 Å². The van der Waals surface area contributed by atoms with Crippen molar-refractivity contribution in [3.63, 3.8) is 0 Å². The molecule has 0 unspecified atom stereocenters. The Balaban J connectivity index is 1.81. The van der Waals surface area contributed by atoms with E-state index in [9.17, 15) is 4.79 Å². The first kappa shape index (κ1) is 14.7. The highest BCUT2D eigenvalue weighted by atomic mass is 79.9. The van der Waals surface area contributed by atoms with Crippen molar-refractivity contribution in [3.8, 4) is 5.75 Å². The number of rotatable bonds is 5. The van der Waals surface area contributed by atoms with E-state index < -0.39 is 0 Å². The molecule has 0 bridgehead atoms. The molecule has 0 fully saturated rings. The third-order valence-corrected chi connectivity index (χ3v) is 3.34. The predicted molar refractivity (Wildman–Crippen MR) is 80.0 cm³/mol. The second-order valence-electron chi connectivity index (χ2n) is 4.44. The van der Waals surface area contributed by atoms with Crippen LogP contribution in [0, 0.1) is 6.92 Å². The molecule has 20 heavy (non-hydrogen) atoms. The first-order valence-electron chi connectivity index (χ1n) is 6.26. The molecule has 106 valence electrons. The number of halogens is 1. The second kappa shape index (κ2) is 6.61. The molecule has 1 aromatic heterocycles. The molecule has 2 rings (SSSR count). The SMILES string of the molecule is Cc1ccc(C(=O)N(C)CCOc2ccc(Br)cc2)o1. The summed E-state index contributed by atoms with van der Waals surface area (Å²) in [6.45, 7) is 2.74. The molecular formula is C15H16BrNO3. The van der Waals surface area contributed by atoms with Crippen molar-refractivity contribution in [3.05, 3.63) is 52.4 Å². The summed E-state index contributed by atoms with van der Waals surface area (Å²) in [5.74, 6) is 1.72. The maximum atomic E-state index is 12.0. The first-order chi connectivity index (χ1) is 9.56. The lowest BCUT2D eigenvalue weighted by atomic mass is 10.3. The molecule has 2 aromatic rings. The Bertz CT molecular complexity index is 577. The largest absolute Gasteiger partial charge is 0.492 e. The normalized spacial score (nSPS) is 10.3. The Labute approximate surface area is 126 Å². The van der Waals surface area contributed by atoms with E-state index in [2.05, 4.69) is 15.9 Å². The number of carbonyl (C=O) groups is 1. The van der Waals surface area contributed by atoms with E-state index in [-0.39, 0.29) is 5.91 Å². The molecule has 0 aliphatic heterocycles. The first-order valence-corrected chi connectivity index (χ1v) is 7.06. The molecular weight excluding hydrogens is 322 g/mol. The number of amides is 1. The highest BCUT2D eigenvalue weighted by Gasteiger charge is 2.14. The predicted octanol–water partition coefficient (Wildman–Crippen LogP) is 3.50. The van der Waals surface area contributed by atoms with E-state index in [0.29, 0.717) is 18.9 Å². The van der Waals surface area contributed by atoms with Gasteiger partial charge in [-0.3, -0.25) is 4.79 Å². The highest BCUT2D eigenvalue weighted by Crippen LogP contribution is 2.16. The van der Waals surface area contributed by atoms with E-state index in [4.69, 9.17) is 9.15 Å². The number of ether oxygens (including phenoxy) is 1. The van der Waals surface area contributed by atoms with Gasteiger partial charge in [-0.1, -0.05) is 15.9 Å². The van der Waals surface area contributed by atoms with Crippen molar-refractivity contribution < 1.29 is 13.9 Å². The molecule has 0 spiro atoms. The lowest BCUT2D eigenvalue weighted by molar-refractivity contribution is 0.0741. The van der Waals surface area contributed by atoms with Gasteiger partial charge in [0.15, 0.2) is 5.76 Å². The number of aryl methyl sites for hydroxylation is 1. The summed E-state index contributed by atoms with van der Waals surface area (Å²) in [6, 6.07) is 11.0. The summed E-state index contributed by atoms with van der Waals surface area (Å²) < 4.78 is 11.9. The van der Waals surface area contributed by atoms with Crippen molar-refractivity contribution >= 4 is 21.8 Å². The van der Waals surface area contributed by atoms with Crippen molar-refractivity contribution in [2.45, 2.75) is 6.92 Å². The van der Waals surface area contributed by atoms with Crippen LogP contribution in [0.5, 0.6) is 5.75 Å². The minimum absolute atomic E-state index is 0.141. The zero-order chi connectivity index (χ0) is 14.5. The Hall–Kier alpha value is -1.75. The number of hydrogen-bond acceptors (Lipinski definition) is 3. The lowest BCUT2D eigenvalue weighted by Crippen LogP contribution is -2.30. The van der Waals surface area contributed by atoms with Crippen molar-refractivity contribution in [1.29, 1.82) is 0 Å². The summed E-state index contributed by atoms with van der Waals surface area (Å²) in [5, 5.41) is 0. The van der Waals surface area contributed by atoms with Crippen LogP contribution in [0.25, 0.3) is 0 Å². The Morgan fingerprint density at radius 1 is 1.25 bits per heavy atom. The van der Waals surface area contributed by atoms with Gasteiger partial charge in [0.25, 0.3) is 5.91 Å². The van der Waals surface area contributed by atoms with Crippen molar-refractivity contribution in [1.82, 2.24) is 4.90 Å². The van der Waals surface area contributed by atoms with Gasteiger partial charge in [-0.15, -0.1) is 0 Å². The Morgan fingerprint density at radius 2 is 1.95 bits per heavy atom. The van der Waals surface area contributed by atoms with Crippen LogP contribution < -0.4 is 4.74 Å². The molecule has 0 atom stereocenters. The number of likely N-dealkylation sites (N-methyl/N-ethyl adjacent to an activating group) is 1. The lowest BCUT2D eigenvalue weighted by Gasteiger charge is -2.16. The van der Waals surface area contributed by atoms with E-state index in [1.54, 1.807) is 24.1 Å². The molecule has 5 heteroatoms. The molecule has 0 N–H and O–H groups in total. The summed E-state index contributed by atoms with van der Waals surface area (Å²) in [6.07, 6.45) is 0. The smallest absolute Gasteiger partial charge is 0.289 e. The summed E-state index contributed by atoms with van der Waals surface area (Å²) in [4.78, 5) is 13.6. The fraction of sp³-hybridized carbons (Fsp3) is 0.267. The topological polar surface area (TPSA) is 42.7 Å². The zero-order valence-corrected chi connectivity index (χ0v) is 13.0. The number of benzene rings is 1. The summed E-state index contributed by atoms with van der Waals surface area (Å²) in [7, 11) is 1.73. The molecule has 0 saturated carbocycles. The maximum Gasteiger partial charge on any atom is 0.289 e. The minimum Gasteiger partial charge on any atom is -0.492 e. The molecule has 0 aliphatic carbocycles. The summed E-state index contributed by atoms with van der Waals surface area (Å²) >= 11 is 3.36. The van der Waals surface area contributed by atoms with Gasteiger partial charge in [-0.25, -0.2) is 0 Å². The van der Waals surface area contributed by atoms with E-state index in [0.717, 1.165) is 16.0 Å². The molecule has 0 radical (unpaired) electrons. The molecule has 0 saturated heterocycles. The molecule has 1 heterocycles. The molecule has 0 aliphatic rings. The van der Waals surface area contributed by atoms with Crippen LogP contribution in [0.3, 0.4) is 0 Å². The highest BCUT2D eigenvalue weighted by molar-refractivity contribution is 9.10. The molecule has 1 amide bonds. The zero-order valence-electron chi connectivity index (χ0n) is 11.4. The fourth-order valence-corrected chi connectivity index (χ4v) is 1.93. The van der Waals surface area contributed by atoms with Gasteiger partial charge >= 0.3 is 0 Å². The summed E-state index contributed by atoms with van der Waals surface area (Å²) in [5.41, 5.74) is 0. The number of hydrogen-bond donors (Lipinski definition) is 0. The van der Waals surface area contributed by atoms with Crippen LogP contribution in [-0.2, 0) is 0 Å². The average Bonchev–Trinajstić information content (AvgIpc) is 2.86. The third-order valence-electron chi connectivity index (χ3n) is 2.81. The average molecular weight is 338 g/mol. The molecule has 4 nitrogen and oxygen atoms in total. The van der Waals surface area contributed by atoms with Gasteiger partial charge in [-0.2, -0.15) is 0 Å². The standard InChI is InChI=1S/C15H16BrNO3/c1-11-3-8-14(20-11)15(18)17(2)9-10-19-13-6-4-12(16)5-7-13/h3-8H,9-10H2,1-2H3. The van der Waals surface area contributed by atoms with Gasteiger partial charge in [0.05, 0.1) is 6.54 Å². The number of nitrogens with zero attached hydrogens (tertiary/aromatic N) is 1. The van der Waals surface area contributed by atoms with E-state index in [1.807, 2.05) is 31.2 Å². The van der Waals surface area contributed by atoms with Gasteiger partial charge < -0.3 is 14.1 Å². The Kier molecular flexibility index (Phi) is 4.84. The van der Waals surface area contributed by atoms with Crippen LogP contribution in [0.2, 0.25) is 0 Å². The van der Waals surface area contributed by atoms with Crippen molar-refractivity contribution in [2.75, 3.05) is 20.2 Å². The minimum atomic E-state index is -0.141. The van der Waals surface area contributed by atoms with E-state index in [1.165, 1.54) is 0 Å². The van der Waals surface area contributed by atoms with Crippen LogP contribution >= 0.6 is 15.9 Å². The molecule has 1 aromatic carbocycles. The van der Waals surface area contributed by atoms with Crippen molar-refractivity contribution in [2.24, 2.45) is 0 Å². The van der Waals surface area contributed by atoms with Crippen LogP contribution in [-0.4, -0.2) is 31.0 Å².